The predicted octanol–water partition coefficient (Wildman–Crippen LogP) is 4.57. The van der Waals surface area contributed by atoms with E-state index in [0.717, 1.165) is 37.9 Å². The molecule has 2 saturated heterocycles. The summed E-state index contributed by atoms with van der Waals surface area (Å²) in [6, 6.07) is 5.92. The maximum Gasteiger partial charge on any atom is 0.230 e. The Hall–Kier alpha value is -0.770. The number of halogens is 2. The Morgan fingerprint density at radius 2 is 1.88 bits per heavy atom. The van der Waals surface area contributed by atoms with Gasteiger partial charge in [-0.2, -0.15) is 0 Å². The number of hydrogen-bond donors (Lipinski definition) is 0. The lowest BCUT2D eigenvalue weighted by Gasteiger charge is -2.39. The monoisotopic (exact) mass is 368 g/mol. The smallest absolute Gasteiger partial charge is 0.230 e. The summed E-state index contributed by atoms with van der Waals surface area (Å²) in [5.74, 6) is 0.173. The third-order valence-electron chi connectivity index (χ3n) is 5.40. The molecule has 0 N–H and O–H groups in total. The zero-order valence-electron chi connectivity index (χ0n) is 14.3. The summed E-state index contributed by atoms with van der Waals surface area (Å²) in [6.45, 7) is 6.43. The number of likely N-dealkylation sites (tertiary alicyclic amines) is 2. The number of amides is 1. The van der Waals surface area contributed by atoms with Crippen LogP contribution in [0.1, 0.15) is 50.5 Å². The molecule has 5 heteroatoms. The highest BCUT2D eigenvalue weighted by Crippen LogP contribution is 2.33. The maximum atomic E-state index is 13.1. The van der Waals surface area contributed by atoms with E-state index in [0.29, 0.717) is 16.1 Å². The Labute approximate surface area is 154 Å². The van der Waals surface area contributed by atoms with Gasteiger partial charge in [0.25, 0.3) is 0 Å². The van der Waals surface area contributed by atoms with Crippen LogP contribution in [0.15, 0.2) is 18.2 Å². The van der Waals surface area contributed by atoms with E-state index in [2.05, 4.69) is 16.7 Å². The van der Waals surface area contributed by atoms with E-state index in [9.17, 15) is 4.79 Å². The van der Waals surface area contributed by atoms with Gasteiger partial charge in [-0.25, -0.2) is 0 Å². The zero-order valence-corrected chi connectivity index (χ0v) is 15.8. The molecule has 1 aromatic rings. The topological polar surface area (TPSA) is 23.6 Å². The highest BCUT2D eigenvalue weighted by molar-refractivity contribution is 6.42. The van der Waals surface area contributed by atoms with Gasteiger partial charge in [-0.3, -0.25) is 4.79 Å². The quantitative estimate of drug-likeness (QED) is 0.759. The number of rotatable bonds is 5. The second kappa shape index (κ2) is 8.07. The van der Waals surface area contributed by atoms with Crippen LogP contribution in [0.4, 0.5) is 0 Å². The van der Waals surface area contributed by atoms with Crippen LogP contribution in [0.25, 0.3) is 0 Å². The van der Waals surface area contributed by atoms with Crippen molar-refractivity contribution in [3.8, 4) is 0 Å². The van der Waals surface area contributed by atoms with Gasteiger partial charge in [0.05, 0.1) is 16.0 Å². The molecule has 0 aliphatic carbocycles. The summed E-state index contributed by atoms with van der Waals surface area (Å²) < 4.78 is 0. The van der Waals surface area contributed by atoms with Gasteiger partial charge in [-0.1, -0.05) is 36.2 Å². The third-order valence-corrected chi connectivity index (χ3v) is 6.14. The number of benzene rings is 1. The van der Waals surface area contributed by atoms with Crippen LogP contribution in [-0.4, -0.2) is 47.9 Å². The molecule has 1 aromatic carbocycles. The maximum absolute atomic E-state index is 13.1. The van der Waals surface area contributed by atoms with Gasteiger partial charge in [-0.05, 0) is 62.9 Å². The van der Waals surface area contributed by atoms with Crippen molar-refractivity contribution < 1.29 is 4.79 Å². The van der Waals surface area contributed by atoms with Crippen molar-refractivity contribution in [3.05, 3.63) is 33.8 Å². The van der Waals surface area contributed by atoms with Crippen LogP contribution in [0, 0.1) is 0 Å². The van der Waals surface area contributed by atoms with Crippen LogP contribution in [0.2, 0.25) is 10.0 Å². The van der Waals surface area contributed by atoms with Crippen molar-refractivity contribution in [3.63, 3.8) is 0 Å². The van der Waals surface area contributed by atoms with Crippen molar-refractivity contribution in [2.75, 3.05) is 26.2 Å². The van der Waals surface area contributed by atoms with Crippen LogP contribution in [0.5, 0.6) is 0 Å². The molecule has 2 heterocycles. The Morgan fingerprint density at radius 1 is 1.12 bits per heavy atom. The van der Waals surface area contributed by atoms with Crippen molar-refractivity contribution >= 4 is 29.1 Å². The van der Waals surface area contributed by atoms with E-state index in [4.69, 9.17) is 23.2 Å². The summed E-state index contributed by atoms with van der Waals surface area (Å²) >= 11 is 12.2. The van der Waals surface area contributed by atoms with Gasteiger partial charge in [0.2, 0.25) is 5.91 Å². The van der Waals surface area contributed by atoms with E-state index in [1.54, 1.807) is 6.07 Å². The van der Waals surface area contributed by atoms with Crippen molar-refractivity contribution in [1.29, 1.82) is 0 Å². The number of hydrogen-bond acceptors (Lipinski definition) is 2. The molecule has 24 heavy (non-hydrogen) atoms. The molecule has 3 rings (SSSR count). The lowest BCUT2D eigenvalue weighted by molar-refractivity contribution is -0.138. The Morgan fingerprint density at radius 3 is 2.54 bits per heavy atom. The SMILES string of the molecule is CCC(CN1CCCC1)N1CCCC(c2ccc(Cl)c(Cl)c2)C1=O. The lowest BCUT2D eigenvalue weighted by Crippen LogP contribution is -2.50. The average Bonchev–Trinajstić information content (AvgIpc) is 3.09. The van der Waals surface area contributed by atoms with Crippen LogP contribution >= 0.6 is 23.2 Å². The fraction of sp³-hybridized carbons (Fsp3) is 0.632. The molecular weight excluding hydrogens is 343 g/mol. The van der Waals surface area contributed by atoms with Crippen LogP contribution in [0.3, 0.4) is 0 Å². The molecule has 0 radical (unpaired) electrons. The second-order valence-electron chi connectivity index (χ2n) is 6.97. The summed E-state index contributed by atoms with van der Waals surface area (Å²) in [4.78, 5) is 17.8. The van der Waals surface area contributed by atoms with Gasteiger partial charge < -0.3 is 9.80 Å². The fourth-order valence-electron chi connectivity index (χ4n) is 4.01. The fourth-order valence-corrected chi connectivity index (χ4v) is 4.32. The predicted molar refractivity (Wildman–Crippen MR) is 99.9 cm³/mol. The minimum absolute atomic E-state index is 0.0823. The third kappa shape index (κ3) is 3.89. The van der Waals surface area contributed by atoms with Gasteiger partial charge in [0.1, 0.15) is 0 Å². The van der Waals surface area contributed by atoms with E-state index in [-0.39, 0.29) is 11.8 Å². The highest BCUT2D eigenvalue weighted by atomic mass is 35.5. The van der Waals surface area contributed by atoms with E-state index >= 15 is 0 Å². The zero-order chi connectivity index (χ0) is 17.1. The molecule has 1 amide bonds. The number of carbonyl (C=O) groups is 1. The largest absolute Gasteiger partial charge is 0.338 e. The van der Waals surface area contributed by atoms with Crippen LogP contribution < -0.4 is 0 Å². The number of piperidine rings is 1. The molecule has 0 saturated carbocycles. The molecule has 2 aliphatic rings. The average molecular weight is 369 g/mol. The molecule has 0 bridgehead atoms. The number of nitrogens with zero attached hydrogens (tertiary/aromatic N) is 2. The van der Waals surface area contributed by atoms with Crippen molar-refractivity contribution in [1.82, 2.24) is 9.80 Å². The first kappa shape index (κ1) is 18.0. The Kier molecular flexibility index (Phi) is 6.07. The molecule has 2 atom stereocenters. The molecule has 2 unspecified atom stereocenters. The molecule has 132 valence electrons. The first-order valence-electron chi connectivity index (χ1n) is 9.08. The Bertz CT molecular complexity index is 587. The second-order valence-corrected chi connectivity index (χ2v) is 7.78. The van der Waals surface area contributed by atoms with Crippen LogP contribution in [-0.2, 0) is 4.79 Å². The standard InChI is InChI=1S/C19H26Cl2N2O/c1-2-15(13-22-9-3-4-10-22)23-11-5-6-16(19(23)24)14-7-8-17(20)18(21)12-14/h7-8,12,15-16H,2-6,9-11,13H2,1H3. The minimum Gasteiger partial charge on any atom is -0.338 e. The first-order chi connectivity index (χ1) is 11.6. The first-order valence-corrected chi connectivity index (χ1v) is 9.83. The van der Waals surface area contributed by atoms with Crippen molar-refractivity contribution in [2.24, 2.45) is 0 Å². The van der Waals surface area contributed by atoms with Gasteiger partial charge >= 0.3 is 0 Å². The summed E-state index contributed by atoms with van der Waals surface area (Å²) in [5.41, 5.74) is 0.995. The summed E-state index contributed by atoms with van der Waals surface area (Å²) in [7, 11) is 0. The normalized spacial score (nSPS) is 23.7. The van der Waals surface area contributed by atoms with Gasteiger partial charge in [0.15, 0.2) is 0 Å². The van der Waals surface area contributed by atoms with E-state index in [1.807, 2.05) is 12.1 Å². The molecule has 0 aromatic heterocycles. The number of carbonyl (C=O) groups excluding carboxylic acids is 1. The minimum atomic E-state index is -0.0823. The molecule has 2 aliphatic heterocycles. The Balaban J connectivity index is 1.74. The molecule has 2 fully saturated rings. The molecule has 3 nitrogen and oxygen atoms in total. The van der Waals surface area contributed by atoms with E-state index < -0.39 is 0 Å². The van der Waals surface area contributed by atoms with E-state index in [1.165, 1.54) is 25.9 Å². The van der Waals surface area contributed by atoms with Gasteiger partial charge in [-0.15, -0.1) is 0 Å². The highest BCUT2D eigenvalue weighted by Gasteiger charge is 2.34. The van der Waals surface area contributed by atoms with Gasteiger partial charge in [0, 0.05) is 19.1 Å². The summed E-state index contributed by atoms with van der Waals surface area (Å²) in [5, 5.41) is 1.07. The lowest BCUT2D eigenvalue weighted by atomic mass is 9.88. The molecular formula is C19H26Cl2N2O. The van der Waals surface area contributed by atoms with Crippen molar-refractivity contribution in [2.45, 2.75) is 51.0 Å². The molecule has 0 spiro atoms. The summed E-state index contributed by atoms with van der Waals surface area (Å²) in [6.07, 6.45) is 5.53.